The molecule has 1 unspecified atom stereocenters. The summed E-state index contributed by atoms with van der Waals surface area (Å²) in [5.74, 6) is 0.268. The van der Waals surface area contributed by atoms with Gasteiger partial charge in [0.2, 0.25) is 0 Å². The Morgan fingerprint density at radius 1 is 0.857 bits per heavy atom. The van der Waals surface area contributed by atoms with Crippen LogP contribution in [0.2, 0.25) is 0 Å². The molecule has 0 spiro atoms. The summed E-state index contributed by atoms with van der Waals surface area (Å²) in [7, 11) is 3.17. The third-order valence-corrected chi connectivity index (χ3v) is 3.08. The van der Waals surface area contributed by atoms with Crippen LogP contribution in [0.25, 0.3) is 0 Å². The van der Waals surface area contributed by atoms with Gasteiger partial charge in [-0.05, 0) is 29.8 Å². The highest BCUT2D eigenvalue weighted by Gasteiger charge is 2.27. The lowest BCUT2D eigenvalue weighted by atomic mass is 10.2. The van der Waals surface area contributed by atoms with Crippen molar-refractivity contribution in [3.8, 4) is 11.5 Å². The molecule has 0 aliphatic heterocycles. The van der Waals surface area contributed by atoms with Crippen molar-refractivity contribution in [1.29, 1.82) is 0 Å². The van der Waals surface area contributed by atoms with Crippen molar-refractivity contribution in [3.05, 3.63) is 60.2 Å². The zero-order chi connectivity index (χ0) is 15.1. The van der Waals surface area contributed by atoms with E-state index < -0.39 is 5.97 Å². The van der Waals surface area contributed by atoms with Crippen molar-refractivity contribution in [3.63, 3.8) is 0 Å². The quantitative estimate of drug-likeness (QED) is 0.729. The molecule has 0 heterocycles. The number of hydrogen-bond donors (Lipinski definition) is 0. The molecule has 0 saturated carbocycles. The molecule has 21 heavy (non-hydrogen) atoms. The van der Waals surface area contributed by atoms with Crippen LogP contribution in [0, 0.1) is 0 Å². The topological polar surface area (TPSA) is 36.9 Å². The lowest BCUT2D eigenvalue weighted by Crippen LogP contribution is -2.37. The zero-order valence-corrected chi connectivity index (χ0v) is 12.5. The number of hydrogen-bond acceptors (Lipinski definition) is 4. The Bertz CT molecular complexity index is 538. The van der Waals surface area contributed by atoms with Gasteiger partial charge in [0.1, 0.15) is 11.5 Å². The average molecular weight is 288 g/mol. The SMILES string of the molecule is COc1ccc(OC(C)(OC)OCc2ccccc2)cc1. The first-order valence-corrected chi connectivity index (χ1v) is 6.71. The Morgan fingerprint density at radius 3 is 2.05 bits per heavy atom. The fourth-order valence-electron chi connectivity index (χ4n) is 1.78. The molecule has 4 heteroatoms. The molecule has 2 aromatic rings. The Morgan fingerprint density at radius 2 is 1.48 bits per heavy atom. The van der Waals surface area contributed by atoms with Crippen LogP contribution in [0.1, 0.15) is 12.5 Å². The normalized spacial score (nSPS) is 13.5. The highest BCUT2D eigenvalue weighted by atomic mass is 16.9. The van der Waals surface area contributed by atoms with E-state index in [1.807, 2.05) is 54.6 Å². The molecular formula is C17H20O4. The van der Waals surface area contributed by atoms with E-state index in [1.54, 1.807) is 21.1 Å². The summed E-state index contributed by atoms with van der Waals surface area (Å²) in [5, 5.41) is 0. The third kappa shape index (κ3) is 4.48. The van der Waals surface area contributed by atoms with E-state index >= 15 is 0 Å². The third-order valence-electron chi connectivity index (χ3n) is 3.08. The predicted molar refractivity (Wildman–Crippen MR) is 80.3 cm³/mol. The molecule has 0 N–H and O–H groups in total. The lowest BCUT2D eigenvalue weighted by Gasteiger charge is -2.28. The lowest BCUT2D eigenvalue weighted by molar-refractivity contribution is -0.326. The molecule has 0 amide bonds. The average Bonchev–Trinajstić information content (AvgIpc) is 2.55. The molecular weight excluding hydrogens is 268 g/mol. The molecule has 0 aliphatic rings. The second-order valence-electron chi connectivity index (χ2n) is 4.62. The maximum atomic E-state index is 5.77. The van der Waals surface area contributed by atoms with E-state index in [0.717, 1.165) is 11.3 Å². The maximum Gasteiger partial charge on any atom is 0.323 e. The molecule has 112 valence electrons. The van der Waals surface area contributed by atoms with Gasteiger partial charge in [-0.25, -0.2) is 0 Å². The van der Waals surface area contributed by atoms with Crippen LogP contribution in [0.3, 0.4) is 0 Å². The minimum Gasteiger partial charge on any atom is -0.497 e. The van der Waals surface area contributed by atoms with Crippen LogP contribution in [-0.2, 0) is 16.1 Å². The summed E-state index contributed by atoms with van der Waals surface area (Å²) in [5.41, 5.74) is 1.05. The van der Waals surface area contributed by atoms with Crippen LogP contribution in [0.15, 0.2) is 54.6 Å². The Labute approximate surface area is 125 Å². The standard InChI is InChI=1S/C17H20O4/c1-17(19-3,20-13-14-7-5-4-6-8-14)21-16-11-9-15(18-2)10-12-16/h4-12H,13H2,1-3H3. The molecule has 0 aliphatic carbocycles. The van der Waals surface area contributed by atoms with Gasteiger partial charge in [-0.1, -0.05) is 30.3 Å². The van der Waals surface area contributed by atoms with E-state index in [2.05, 4.69) is 0 Å². The summed E-state index contributed by atoms with van der Waals surface area (Å²) in [6, 6.07) is 17.1. The van der Waals surface area contributed by atoms with Gasteiger partial charge in [-0.3, -0.25) is 0 Å². The summed E-state index contributed by atoms with van der Waals surface area (Å²) in [6.07, 6.45) is 0. The molecule has 0 fully saturated rings. The molecule has 0 aromatic heterocycles. The van der Waals surface area contributed by atoms with Crippen LogP contribution < -0.4 is 9.47 Å². The highest BCUT2D eigenvalue weighted by molar-refractivity contribution is 5.31. The molecule has 2 rings (SSSR count). The first kappa shape index (κ1) is 15.4. The maximum absolute atomic E-state index is 5.77. The summed E-state index contributed by atoms with van der Waals surface area (Å²) >= 11 is 0. The number of benzene rings is 2. The molecule has 0 saturated heterocycles. The fourth-order valence-corrected chi connectivity index (χ4v) is 1.78. The minimum atomic E-state index is -1.15. The van der Waals surface area contributed by atoms with Crippen LogP contribution >= 0.6 is 0 Å². The molecule has 4 nitrogen and oxygen atoms in total. The van der Waals surface area contributed by atoms with Gasteiger partial charge < -0.3 is 18.9 Å². The second-order valence-corrected chi connectivity index (χ2v) is 4.62. The van der Waals surface area contributed by atoms with Crippen molar-refractivity contribution in [2.45, 2.75) is 19.5 Å². The van der Waals surface area contributed by atoms with Crippen LogP contribution in [-0.4, -0.2) is 20.2 Å². The fraction of sp³-hybridized carbons (Fsp3) is 0.294. The predicted octanol–water partition coefficient (Wildman–Crippen LogP) is 3.61. The molecule has 0 bridgehead atoms. The van der Waals surface area contributed by atoms with E-state index in [1.165, 1.54) is 0 Å². The van der Waals surface area contributed by atoms with E-state index in [0.29, 0.717) is 12.4 Å². The Hall–Kier alpha value is -2.04. The van der Waals surface area contributed by atoms with Crippen molar-refractivity contribution in [2.75, 3.05) is 14.2 Å². The van der Waals surface area contributed by atoms with Gasteiger partial charge >= 0.3 is 5.97 Å². The van der Waals surface area contributed by atoms with Gasteiger partial charge in [-0.15, -0.1) is 0 Å². The molecule has 2 aromatic carbocycles. The smallest absolute Gasteiger partial charge is 0.323 e. The summed E-state index contributed by atoms with van der Waals surface area (Å²) < 4.78 is 22.0. The first-order valence-electron chi connectivity index (χ1n) is 6.71. The van der Waals surface area contributed by atoms with Crippen molar-refractivity contribution in [1.82, 2.24) is 0 Å². The number of rotatable bonds is 7. The first-order chi connectivity index (χ1) is 10.1. The second kappa shape index (κ2) is 7.11. The molecule has 1 atom stereocenters. The molecule has 0 radical (unpaired) electrons. The monoisotopic (exact) mass is 288 g/mol. The van der Waals surface area contributed by atoms with Crippen LogP contribution in [0.5, 0.6) is 11.5 Å². The van der Waals surface area contributed by atoms with Crippen molar-refractivity contribution >= 4 is 0 Å². The zero-order valence-electron chi connectivity index (χ0n) is 12.5. The number of methoxy groups -OCH3 is 2. The minimum absolute atomic E-state index is 0.404. The van der Waals surface area contributed by atoms with Gasteiger partial charge in [0.25, 0.3) is 0 Å². The van der Waals surface area contributed by atoms with Crippen molar-refractivity contribution in [2.24, 2.45) is 0 Å². The van der Waals surface area contributed by atoms with Gasteiger partial charge in [0, 0.05) is 14.0 Å². The van der Waals surface area contributed by atoms with Gasteiger partial charge in [0.05, 0.1) is 13.7 Å². The van der Waals surface area contributed by atoms with E-state index in [9.17, 15) is 0 Å². The van der Waals surface area contributed by atoms with E-state index in [-0.39, 0.29) is 0 Å². The Kier molecular flexibility index (Phi) is 5.20. The Balaban J connectivity index is 1.99. The van der Waals surface area contributed by atoms with E-state index in [4.69, 9.17) is 18.9 Å². The van der Waals surface area contributed by atoms with Crippen LogP contribution in [0.4, 0.5) is 0 Å². The van der Waals surface area contributed by atoms with Crippen molar-refractivity contribution < 1.29 is 18.9 Å². The largest absolute Gasteiger partial charge is 0.497 e. The highest BCUT2D eigenvalue weighted by Crippen LogP contribution is 2.24. The van der Waals surface area contributed by atoms with Gasteiger partial charge in [-0.2, -0.15) is 0 Å². The summed E-state index contributed by atoms with van der Waals surface area (Å²) in [6.45, 7) is 2.14. The summed E-state index contributed by atoms with van der Waals surface area (Å²) in [4.78, 5) is 0. The van der Waals surface area contributed by atoms with Gasteiger partial charge in [0.15, 0.2) is 0 Å². The number of ether oxygens (including phenoxy) is 4.